The van der Waals surface area contributed by atoms with Crippen molar-refractivity contribution in [2.24, 2.45) is 0 Å². The molecule has 1 unspecified atom stereocenters. The average Bonchev–Trinajstić information content (AvgIpc) is 2.42. The van der Waals surface area contributed by atoms with Crippen LogP contribution in [0.4, 0.5) is 5.69 Å². The zero-order valence-electron chi connectivity index (χ0n) is 13.0. The highest BCUT2D eigenvalue weighted by Crippen LogP contribution is 2.18. The number of aryl methyl sites for hydroxylation is 1. The predicted octanol–water partition coefficient (Wildman–Crippen LogP) is 2.97. The van der Waals surface area contributed by atoms with Gasteiger partial charge in [0.15, 0.2) is 0 Å². The first-order valence-corrected chi connectivity index (χ1v) is 7.22. The van der Waals surface area contributed by atoms with Crippen molar-refractivity contribution in [3.63, 3.8) is 0 Å². The molecule has 0 aromatic heterocycles. The van der Waals surface area contributed by atoms with E-state index < -0.39 is 0 Å². The number of methoxy groups -OCH3 is 1. The third kappa shape index (κ3) is 5.21. The van der Waals surface area contributed by atoms with Crippen molar-refractivity contribution in [2.75, 3.05) is 25.6 Å². The van der Waals surface area contributed by atoms with Crippen molar-refractivity contribution in [3.05, 3.63) is 29.3 Å². The van der Waals surface area contributed by atoms with Gasteiger partial charge in [-0.15, -0.1) is 0 Å². The largest absolute Gasteiger partial charge is 0.385 e. The Bertz CT molecular complexity index is 432. The minimum Gasteiger partial charge on any atom is -0.385 e. The number of nitrogens with one attached hydrogen (secondary N) is 2. The van der Waals surface area contributed by atoms with Gasteiger partial charge in [-0.1, -0.05) is 13.0 Å². The number of carbonyl (C=O) groups excluding carboxylic acids is 1. The molecule has 1 aromatic carbocycles. The van der Waals surface area contributed by atoms with Crippen LogP contribution in [0.1, 0.15) is 42.6 Å². The minimum absolute atomic E-state index is 0.0350. The van der Waals surface area contributed by atoms with Crippen LogP contribution >= 0.6 is 0 Å². The topological polar surface area (TPSA) is 50.4 Å². The van der Waals surface area contributed by atoms with E-state index in [9.17, 15) is 4.79 Å². The lowest BCUT2D eigenvalue weighted by Gasteiger charge is -2.16. The Labute approximate surface area is 121 Å². The highest BCUT2D eigenvalue weighted by Gasteiger charge is 2.13. The summed E-state index contributed by atoms with van der Waals surface area (Å²) in [6.07, 6.45) is 1.84. The SMILES string of the molecule is CCCNc1cc(C)ccc1C(=O)NC(C)CCOC. The van der Waals surface area contributed by atoms with Crippen molar-refractivity contribution in [1.82, 2.24) is 5.32 Å². The van der Waals surface area contributed by atoms with Crippen LogP contribution in [0, 0.1) is 6.92 Å². The van der Waals surface area contributed by atoms with Crippen molar-refractivity contribution in [2.45, 2.75) is 39.7 Å². The fourth-order valence-electron chi connectivity index (χ4n) is 1.93. The van der Waals surface area contributed by atoms with Gasteiger partial charge < -0.3 is 15.4 Å². The van der Waals surface area contributed by atoms with Gasteiger partial charge in [-0.25, -0.2) is 0 Å². The second-order valence-electron chi connectivity index (χ2n) is 5.13. The third-order valence-corrected chi connectivity index (χ3v) is 3.12. The molecule has 0 heterocycles. The molecule has 0 bridgehead atoms. The molecule has 0 fully saturated rings. The highest BCUT2D eigenvalue weighted by molar-refractivity contribution is 5.99. The van der Waals surface area contributed by atoms with Gasteiger partial charge in [0.2, 0.25) is 0 Å². The molecule has 1 aromatic rings. The standard InChI is InChI=1S/C16H26N2O2/c1-5-9-17-15-11-12(2)6-7-14(15)16(19)18-13(3)8-10-20-4/h6-7,11,13,17H,5,8-10H2,1-4H3,(H,18,19). The molecule has 0 saturated carbocycles. The minimum atomic E-state index is -0.0350. The van der Waals surface area contributed by atoms with Crippen LogP contribution in [-0.4, -0.2) is 32.2 Å². The quantitative estimate of drug-likeness (QED) is 0.768. The fourth-order valence-corrected chi connectivity index (χ4v) is 1.93. The number of amides is 1. The molecule has 0 aliphatic rings. The molecule has 112 valence electrons. The Balaban J connectivity index is 2.75. The molecular formula is C16H26N2O2. The van der Waals surface area contributed by atoms with Gasteiger partial charge in [0.25, 0.3) is 5.91 Å². The van der Waals surface area contributed by atoms with Crippen LogP contribution in [0.25, 0.3) is 0 Å². The maximum Gasteiger partial charge on any atom is 0.253 e. The van der Waals surface area contributed by atoms with Gasteiger partial charge in [-0.2, -0.15) is 0 Å². The summed E-state index contributed by atoms with van der Waals surface area (Å²) < 4.78 is 5.03. The van der Waals surface area contributed by atoms with Crippen molar-refractivity contribution in [1.29, 1.82) is 0 Å². The lowest BCUT2D eigenvalue weighted by Crippen LogP contribution is -2.33. The van der Waals surface area contributed by atoms with Gasteiger partial charge in [-0.05, 0) is 44.4 Å². The van der Waals surface area contributed by atoms with Crippen molar-refractivity contribution < 1.29 is 9.53 Å². The first-order valence-electron chi connectivity index (χ1n) is 7.22. The fraction of sp³-hybridized carbons (Fsp3) is 0.562. The van der Waals surface area contributed by atoms with Gasteiger partial charge >= 0.3 is 0 Å². The summed E-state index contributed by atoms with van der Waals surface area (Å²) in [5, 5.41) is 6.32. The molecule has 1 amide bonds. The number of carbonyl (C=O) groups is 1. The van der Waals surface area contributed by atoms with Gasteiger partial charge in [0, 0.05) is 32.0 Å². The second-order valence-corrected chi connectivity index (χ2v) is 5.13. The van der Waals surface area contributed by atoms with E-state index >= 15 is 0 Å². The number of hydrogen-bond donors (Lipinski definition) is 2. The molecule has 4 nitrogen and oxygen atoms in total. The zero-order valence-corrected chi connectivity index (χ0v) is 13.0. The van der Waals surface area contributed by atoms with E-state index in [2.05, 4.69) is 17.6 Å². The molecule has 0 saturated heterocycles. The summed E-state index contributed by atoms with van der Waals surface area (Å²) in [7, 11) is 1.67. The molecule has 2 N–H and O–H groups in total. The lowest BCUT2D eigenvalue weighted by molar-refractivity contribution is 0.0930. The molecule has 0 radical (unpaired) electrons. The first-order chi connectivity index (χ1) is 9.58. The van der Waals surface area contributed by atoms with E-state index in [4.69, 9.17) is 4.74 Å². The van der Waals surface area contributed by atoms with E-state index in [1.807, 2.05) is 32.0 Å². The number of ether oxygens (including phenoxy) is 1. The molecule has 20 heavy (non-hydrogen) atoms. The number of benzene rings is 1. The maximum atomic E-state index is 12.3. The lowest BCUT2D eigenvalue weighted by atomic mass is 10.1. The van der Waals surface area contributed by atoms with E-state index in [1.165, 1.54) is 0 Å². The summed E-state index contributed by atoms with van der Waals surface area (Å²) in [5.41, 5.74) is 2.75. The van der Waals surface area contributed by atoms with Crippen LogP contribution in [0.3, 0.4) is 0 Å². The van der Waals surface area contributed by atoms with Crippen LogP contribution < -0.4 is 10.6 Å². The molecular weight excluding hydrogens is 252 g/mol. The van der Waals surface area contributed by atoms with Gasteiger partial charge in [-0.3, -0.25) is 4.79 Å². The number of anilines is 1. The first kappa shape index (κ1) is 16.5. The third-order valence-electron chi connectivity index (χ3n) is 3.12. The zero-order chi connectivity index (χ0) is 15.0. The summed E-state index contributed by atoms with van der Waals surface area (Å²) in [4.78, 5) is 12.3. The van der Waals surface area contributed by atoms with Crippen molar-refractivity contribution >= 4 is 11.6 Å². The number of hydrogen-bond acceptors (Lipinski definition) is 3. The normalized spacial score (nSPS) is 12.0. The van der Waals surface area contributed by atoms with Crippen LogP contribution in [-0.2, 0) is 4.74 Å². The Morgan fingerprint density at radius 2 is 2.15 bits per heavy atom. The summed E-state index contributed by atoms with van der Waals surface area (Å²) in [6, 6.07) is 5.96. The van der Waals surface area contributed by atoms with E-state index in [1.54, 1.807) is 7.11 Å². The molecule has 1 atom stereocenters. The smallest absolute Gasteiger partial charge is 0.253 e. The summed E-state index contributed by atoms with van der Waals surface area (Å²) in [5.74, 6) is -0.0350. The highest BCUT2D eigenvalue weighted by atomic mass is 16.5. The van der Waals surface area contributed by atoms with E-state index in [-0.39, 0.29) is 11.9 Å². The molecule has 0 aliphatic heterocycles. The molecule has 4 heteroatoms. The van der Waals surface area contributed by atoms with Crippen LogP contribution in [0.15, 0.2) is 18.2 Å². The molecule has 0 aliphatic carbocycles. The van der Waals surface area contributed by atoms with Gasteiger partial charge in [0.1, 0.15) is 0 Å². The number of rotatable bonds is 8. The summed E-state index contributed by atoms with van der Waals surface area (Å²) >= 11 is 0. The van der Waals surface area contributed by atoms with Crippen molar-refractivity contribution in [3.8, 4) is 0 Å². The van der Waals surface area contributed by atoms with E-state index in [0.717, 1.165) is 30.6 Å². The summed E-state index contributed by atoms with van der Waals surface area (Å²) in [6.45, 7) is 7.64. The van der Waals surface area contributed by atoms with Crippen LogP contribution in [0.5, 0.6) is 0 Å². The molecule has 1 rings (SSSR count). The predicted molar refractivity (Wildman–Crippen MR) is 83.4 cm³/mol. The second kappa shape index (κ2) is 8.59. The Morgan fingerprint density at radius 3 is 2.80 bits per heavy atom. The molecule has 0 spiro atoms. The maximum absolute atomic E-state index is 12.3. The Kier molecular flexibility index (Phi) is 7.09. The Morgan fingerprint density at radius 1 is 1.40 bits per heavy atom. The van der Waals surface area contributed by atoms with E-state index in [0.29, 0.717) is 12.2 Å². The van der Waals surface area contributed by atoms with Gasteiger partial charge in [0.05, 0.1) is 5.56 Å². The van der Waals surface area contributed by atoms with Crippen LogP contribution in [0.2, 0.25) is 0 Å². The Hall–Kier alpha value is -1.55. The average molecular weight is 278 g/mol. The monoisotopic (exact) mass is 278 g/mol.